The lowest BCUT2D eigenvalue weighted by atomic mass is 9.86. The summed E-state index contributed by atoms with van der Waals surface area (Å²) in [4.78, 5) is 18.5. The molecule has 2 N–H and O–H groups in total. The smallest absolute Gasteiger partial charge is 0.397 e. The molecule has 0 saturated heterocycles. The fraction of sp³-hybridized carbons (Fsp3) is 0.371. The number of carbonyl (C=O) groups is 1. The van der Waals surface area contributed by atoms with Crippen LogP contribution in [0.4, 0.5) is 36.4 Å². The van der Waals surface area contributed by atoms with Gasteiger partial charge in [0.25, 0.3) is 5.92 Å². The molecule has 17 heteroatoms. The molecule has 1 saturated carbocycles. The van der Waals surface area contributed by atoms with Crippen LogP contribution in [-0.4, -0.2) is 45.0 Å². The van der Waals surface area contributed by atoms with Gasteiger partial charge in [-0.15, -0.1) is 0 Å². The SMILES string of the molecule is Cc1nc([C@@H](CC(=O)Cn2nc(C(F)(F)F)c3c2C(F)(F)[C@@H]2C[C@H]32)Cc2cc(F)cc(F)c2)c(-c2cccc3c(CS(C)(=O)=O)nn(C)c23)cc1N. The minimum Gasteiger partial charge on any atom is -0.397 e. The van der Waals surface area contributed by atoms with E-state index < -0.39 is 87.0 Å². The molecule has 0 bridgehead atoms. The molecule has 3 atom stereocenters. The van der Waals surface area contributed by atoms with Gasteiger partial charge in [0.15, 0.2) is 21.3 Å². The van der Waals surface area contributed by atoms with Crippen molar-refractivity contribution in [2.45, 2.75) is 62.4 Å². The molecule has 0 unspecified atom stereocenters. The van der Waals surface area contributed by atoms with Crippen LogP contribution in [0.3, 0.4) is 0 Å². The number of para-hydroxylation sites is 1. The molecule has 274 valence electrons. The van der Waals surface area contributed by atoms with Crippen LogP contribution in [0.25, 0.3) is 22.0 Å². The lowest BCUT2D eigenvalue weighted by molar-refractivity contribution is -0.142. The molecule has 7 rings (SSSR count). The van der Waals surface area contributed by atoms with E-state index in [9.17, 15) is 35.2 Å². The molecule has 2 aromatic carbocycles. The molecule has 1 fully saturated rings. The number of benzene rings is 2. The minimum absolute atomic E-state index is 0.112. The molecule has 0 radical (unpaired) electrons. The van der Waals surface area contributed by atoms with Gasteiger partial charge < -0.3 is 5.73 Å². The van der Waals surface area contributed by atoms with Crippen molar-refractivity contribution in [2.75, 3.05) is 12.0 Å². The van der Waals surface area contributed by atoms with Crippen LogP contribution in [0, 0.1) is 24.5 Å². The first-order valence-corrected chi connectivity index (χ1v) is 18.2. The maximum Gasteiger partial charge on any atom is 0.435 e. The summed E-state index contributed by atoms with van der Waals surface area (Å²) in [6, 6.07) is 9.42. The van der Waals surface area contributed by atoms with Crippen LogP contribution in [0.15, 0.2) is 42.5 Å². The molecule has 5 aromatic rings. The molecule has 3 heterocycles. The van der Waals surface area contributed by atoms with Crippen LogP contribution >= 0.6 is 0 Å². The molecule has 0 amide bonds. The zero-order chi connectivity index (χ0) is 37.7. The summed E-state index contributed by atoms with van der Waals surface area (Å²) in [5.41, 5.74) is 5.88. The molecule has 0 aliphatic heterocycles. The predicted octanol–water partition coefficient (Wildman–Crippen LogP) is 6.76. The van der Waals surface area contributed by atoms with Crippen molar-refractivity contribution < 1.29 is 43.9 Å². The van der Waals surface area contributed by atoms with Crippen molar-refractivity contribution >= 4 is 32.2 Å². The zero-order valence-electron chi connectivity index (χ0n) is 27.9. The highest BCUT2D eigenvalue weighted by atomic mass is 32.2. The summed E-state index contributed by atoms with van der Waals surface area (Å²) >= 11 is 0. The number of ketones is 1. The summed E-state index contributed by atoms with van der Waals surface area (Å²) in [5.74, 6) is -9.86. The molecule has 2 aliphatic rings. The Kier molecular flexibility index (Phi) is 8.31. The van der Waals surface area contributed by atoms with Gasteiger partial charge in [0, 0.05) is 59.7 Å². The number of nitrogen functional groups attached to an aromatic ring is 1. The quantitative estimate of drug-likeness (QED) is 0.157. The normalized spacial score (nSPS) is 18.4. The molecular formula is C35H31F7N6O3S. The zero-order valence-corrected chi connectivity index (χ0v) is 28.7. The number of aryl methyl sites for hydroxylation is 2. The molecule has 52 heavy (non-hydrogen) atoms. The molecule has 2 aliphatic carbocycles. The van der Waals surface area contributed by atoms with Gasteiger partial charge in [-0.05, 0) is 49.4 Å². The number of alkyl halides is 5. The Morgan fingerprint density at radius 1 is 1.08 bits per heavy atom. The number of rotatable bonds is 10. The summed E-state index contributed by atoms with van der Waals surface area (Å²) < 4.78 is 128. The maximum atomic E-state index is 15.3. The summed E-state index contributed by atoms with van der Waals surface area (Å²) in [6.45, 7) is 0.675. The average molecular weight is 749 g/mol. The fourth-order valence-electron chi connectivity index (χ4n) is 7.53. The van der Waals surface area contributed by atoms with E-state index in [0.29, 0.717) is 38.5 Å². The Morgan fingerprint density at radius 2 is 1.77 bits per heavy atom. The maximum absolute atomic E-state index is 15.3. The van der Waals surface area contributed by atoms with E-state index in [2.05, 4.69) is 10.2 Å². The van der Waals surface area contributed by atoms with Crippen LogP contribution in [-0.2, 0) is 52.5 Å². The topological polar surface area (TPSA) is 126 Å². The van der Waals surface area contributed by atoms with Crippen LogP contribution in [0.5, 0.6) is 0 Å². The number of sulfone groups is 1. The van der Waals surface area contributed by atoms with E-state index in [1.807, 2.05) is 0 Å². The summed E-state index contributed by atoms with van der Waals surface area (Å²) in [5, 5.41) is 8.40. The van der Waals surface area contributed by atoms with E-state index in [1.54, 1.807) is 38.2 Å². The van der Waals surface area contributed by atoms with Crippen LogP contribution in [0.2, 0.25) is 0 Å². The fourth-order valence-corrected chi connectivity index (χ4v) is 8.24. The van der Waals surface area contributed by atoms with Gasteiger partial charge >= 0.3 is 6.18 Å². The Labute approximate surface area is 292 Å². The van der Waals surface area contributed by atoms with Crippen LogP contribution in [0.1, 0.15) is 64.3 Å². The first-order chi connectivity index (χ1) is 24.2. The number of halogens is 7. The number of pyridine rings is 1. The number of hydrogen-bond acceptors (Lipinski definition) is 7. The Bertz CT molecular complexity index is 2380. The van der Waals surface area contributed by atoms with Crippen molar-refractivity contribution in [1.29, 1.82) is 0 Å². The van der Waals surface area contributed by atoms with Crippen molar-refractivity contribution in [2.24, 2.45) is 13.0 Å². The highest BCUT2D eigenvalue weighted by Crippen LogP contribution is 2.68. The lowest BCUT2D eigenvalue weighted by Gasteiger charge is -2.22. The van der Waals surface area contributed by atoms with Gasteiger partial charge in [0.05, 0.1) is 34.0 Å². The number of aromatic nitrogens is 5. The second kappa shape index (κ2) is 12.1. The Hall–Kier alpha value is -4.80. The van der Waals surface area contributed by atoms with E-state index >= 15 is 8.78 Å². The van der Waals surface area contributed by atoms with Gasteiger partial charge in [-0.3, -0.25) is 19.1 Å². The predicted molar refractivity (Wildman–Crippen MR) is 176 cm³/mol. The number of anilines is 1. The highest BCUT2D eigenvalue weighted by Gasteiger charge is 2.68. The number of carbonyl (C=O) groups excluding carboxylic acids is 1. The standard InChI is InChI=1S/C35H31F7N6O3S/c1-16-27(43)13-24(22-5-4-6-23-28(15-52(3,50)51)45-47(2)31(22)23)30(44-16)18(7-17-8-19(36)11-20(37)9-17)10-21(49)14-48-33-29(32(46-48)35(40,41)42)25-12-26(25)34(33,38)39/h4-6,8-9,11,13,18,25-26H,7,10,12,14-15,43H2,1-3H3/t18-,25+,26-/m1/s1. The number of fused-ring (bicyclic) bond motifs is 4. The van der Waals surface area contributed by atoms with Crippen LogP contribution < -0.4 is 5.73 Å². The summed E-state index contributed by atoms with van der Waals surface area (Å²) in [7, 11) is -1.88. The van der Waals surface area contributed by atoms with Gasteiger partial charge in [-0.25, -0.2) is 17.2 Å². The van der Waals surface area contributed by atoms with Gasteiger partial charge in [0.1, 0.15) is 23.9 Å². The Balaban J connectivity index is 1.34. The minimum atomic E-state index is -5.02. The van der Waals surface area contributed by atoms with E-state index in [4.69, 9.17) is 10.7 Å². The largest absolute Gasteiger partial charge is 0.435 e. The lowest BCUT2D eigenvalue weighted by Crippen LogP contribution is -2.24. The number of nitrogens with two attached hydrogens (primary N) is 1. The van der Waals surface area contributed by atoms with Gasteiger partial charge in [-0.2, -0.15) is 32.1 Å². The van der Waals surface area contributed by atoms with Crippen molar-refractivity contribution in [1.82, 2.24) is 24.5 Å². The molecule has 3 aromatic heterocycles. The number of Topliss-reactive ketones (excluding diaryl/α,β-unsaturated/α-hetero) is 1. The summed E-state index contributed by atoms with van der Waals surface area (Å²) in [6.07, 6.45) is -4.77. The third kappa shape index (κ3) is 6.32. The second-order valence-corrected chi connectivity index (χ2v) is 15.8. The van der Waals surface area contributed by atoms with E-state index in [1.165, 1.54) is 4.68 Å². The first-order valence-electron chi connectivity index (χ1n) is 16.2. The second-order valence-electron chi connectivity index (χ2n) is 13.7. The molecule has 9 nitrogen and oxygen atoms in total. The third-order valence-electron chi connectivity index (χ3n) is 9.70. The highest BCUT2D eigenvalue weighted by molar-refractivity contribution is 7.89. The first kappa shape index (κ1) is 35.6. The molecular weight excluding hydrogens is 717 g/mol. The monoisotopic (exact) mass is 748 g/mol. The van der Waals surface area contributed by atoms with Crippen molar-refractivity contribution in [3.8, 4) is 11.1 Å². The number of hydrogen-bond donors (Lipinski definition) is 1. The van der Waals surface area contributed by atoms with Gasteiger partial charge in [-0.1, -0.05) is 18.2 Å². The Morgan fingerprint density at radius 3 is 2.42 bits per heavy atom. The average Bonchev–Trinajstić information content (AvgIpc) is 3.57. The van der Waals surface area contributed by atoms with E-state index in [-0.39, 0.29) is 41.2 Å². The van der Waals surface area contributed by atoms with E-state index in [0.717, 1.165) is 18.4 Å². The van der Waals surface area contributed by atoms with Crippen molar-refractivity contribution in [3.63, 3.8) is 0 Å². The van der Waals surface area contributed by atoms with Crippen molar-refractivity contribution in [3.05, 3.63) is 93.7 Å². The molecule has 0 spiro atoms. The van der Waals surface area contributed by atoms with Gasteiger partial charge in [0.2, 0.25) is 0 Å². The third-order valence-corrected chi connectivity index (χ3v) is 10.5. The number of nitrogens with zero attached hydrogens (tertiary/aromatic N) is 5.